The molecule has 0 aliphatic heterocycles. The second kappa shape index (κ2) is 4.48. The van der Waals surface area contributed by atoms with E-state index in [0.717, 1.165) is 11.0 Å². The van der Waals surface area contributed by atoms with E-state index in [4.69, 9.17) is 0 Å². The molecule has 80 valence electrons. The molecule has 0 aliphatic carbocycles. The maximum atomic E-state index is 12.6. The molecule has 1 aromatic heterocycles. The molecule has 5 heteroatoms. The first kappa shape index (κ1) is 11.1. The summed E-state index contributed by atoms with van der Waals surface area (Å²) in [5, 5.41) is 0. The number of rotatable bonds is 4. The van der Waals surface area contributed by atoms with Crippen molar-refractivity contribution < 1.29 is 13.2 Å². The zero-order valence-corrected chi connectivity index (χ0v) is 7.96. The van der Waals surface area contributed by atoms with E-state index in [0.29, 0.717) is 6.42 Å². The number of alkyl halides is 3. The highest BCUT2D eigenvalue weighted by atomic mass is 19.4. The summed E-state index contributed by atoms with van der Waals surface area (Å²) in [5.74, 6) is 0. The lowest BCUT2D eigenvalue weighted by Gasteiger charge is -2.21. The third-order valence-corrected chi connectivity index (χ3v) is 2.09. The second-order valence-corrected chi connectivity index (χ2v) is 3.21. The SMILES string of the molecule is CCCCC(n1ccnc1)C(F)(F)F. The van der Waals surface area contributed by atoms with E-state index in [1.807, 2.05) is 6.92 Å². The average Bonchev–Trinajstić information content (AvgIpc) is 2.55. The Labute approximate surface area is 80.8 Å². The fourth-order valence-electron chi connectivity index (χ4n) is 1.33. The quantitative estimate of drug-likeness (QED) is 0.739. The van der Waals surface area contributed by atoms with Crippen LogP contribution in [0.25, 0.3) is 0 Å². The highest BCUT2D eigenvalue weighted by Crippen LogP contribution is 2.34. The Morgan fingerprint density at radius 1 is 1.43 bits per heavy atom. The number of hydrogen-bond donors (Lipinski definition) is 0. The molecule has 0 aromatic carbocycles. The Morgan fingerprint density at radius 3 is 2.57 bits per heavy atom. The standard InChI is InChI=1S/C9H13F3N2/c1-2-3-4-8(9(10,11)12)14-6-5-13-7-14/h5-8H,2-4H2,1H3. The van der Waals surface area contributed by atoms with Gasteiger partial charge in [0.25, 0.3) is 0 Å². The van der Waals surface area contributed by atoms with Gasteiger partial charge in [-0.2, -0.15) is 13.2 Å². The van der Waals surface area contributed by atoms with Crippen LogP contribution in [0.2, 0.25) is 0 Å². The maximum Gasteiger partial charge on any atom is 0.409 e. The normalized spacial score (nSPS) is 14.3. The first-order valence-electron chi connectivity index (χ1n) is 4.60. The van der Waals surface area contributed by atoms with Crippen LogP contribution >= 0.6 is 0 Å². The third-order valence-electron chi connectivity index (χ3n) is 2.09. The van der Waals surface area contributed by atoms with E-state index in [1.54, 1.807) is 0 Å². The zero-order chi connectivity index (χ0) is 10.6. The first-order chi connectivity index (χ1) is 6.55. The maximum absolute atomic E-state index is 12.6. The predicted molar refractivity (Wildman–Crippen MR) is 46.8 cm³/mol. The zero-order valence-electron chi connectivity index (χ0n) is 7.96. The minimum atomic E-state index is -4.18. The molecule has 0 aliphatic rings. The van der Waals surface area contributed by atoms with Gasteiger partial charge in [-0.15, -0.1) is 0 Å². The molecule has 0 bridgehead atoms. The summed E-state index contributed by atoms with van der Waals surface area (Å²) < 4.78 is 38.8. The molecular weight excluding hydrogens is 193 g/mol. The smallest absolute Gasteiger partial charge is 0.325 e. The van der Waals surface area contributed by atoms with Gasteiger partial charge >= 0.3 is 6.18 Å². The molecule has 0 saturated carbocycles. The predicted octanol–water partition coefficient (Wildman–Crippen LogP) is 3.18. The van der Waals surface area contributed by atoms with Crippen LogP contribution in [0.5, 0.6) is 0 Å². The Hall–Kier alpha value is -1.00. The Kier molecular flexibility index (Phi) is 3.55. The van der Waals surface area contributed by atoms with Crippen molar-refractivity contribution in [3.63, 3.8) is 0 Å². The van der Waals surface area contributed by atoms with Gasteiger partial charge in [0, 0.05) is 12.4 Å². The van der Waals surface area contributed by atoms with Crippen LogP contribution in [0.1, 0.15) is 32.2 Å². The molecule has 1 unspecified atom stereocenters. The van der Waals surface area contributed by atoms with Crippen molar-refractivity contribution >= 4 is 0 Å². The summed E-state index contributed by atoms with van der Waals surface area (Å²) in [7, 11) is 0. The van der Waals surface area contributed by atoms with E-state index in [1.165, 1.54) is 18.7 Å². The summed E-state index contributed by atoms with van der Waals surface area (Å²) in [6, 6.07) is -1.43. The number of hydrogen-bond acceptors (Lipinski definition) is 1. The molecule has 14 heavy (non-hydrogen) atoms. The lowest BCUT2D eigenvalue weighted by molar-refractivity contribution is -0.169. The van der Waals surface area contributed by atoms with E-state index < -0.39 is 12.2 Å². The minimum absolute atomic E-state index is 0.121. The van der Waals surface area contributed by atoms with E-state index >= 15 is 0 Å². The molecule has 0 saturated heterocycles. The molecule has 1 aromatic rings. The van der Waals surface area contributed by atoms with Crippen molar-refractivity contribution in [3.05, 3.63) is 18.7 Å². The van der Waals surface area contributed by atoms with Gasteiger partial charge in [0.1, 0.15) is 6.04 Å². The van der Waals surface area contributed by atoms with Crippen molar-refractivity contribution in [2.24, 2.45) is 0 Å². The van der Waals surface area contributed by atoms with Gasteiger partial charge in [0.2, 0.25) is 0 Å². The van der Waals surface area contributed by atoms with Crippen LogP contribution in [0.4, 0.5) is 13.2 Å². The van der Waals surface area contributed by atoms with E-state index in [9.17, 15) is 13.2 Å². The minimum Gasteiger partial charge on any atom is -0.325 e. The van der Waals surface area contributed by atoms with Crippen LogP contribution in [0.3, 0.4) is 0 Å². The number of halogens is 3. The average molecular weight is 206 g/mol. The number of aromatic nitrogens is 2. The van der Waals surface area contributed by atoms with E-state index in [-0.39, 0.29) is 6.42 Å². The van der Waals surface area contributed by atoms with Gasteiger partial charge in [-0.25, -0.2) is 4.98 Å². The Morgan fingerprint density at radius 2 is 2.14 bits per heavy atom. The summed E-state index contributed by atoms with van der Waals surface area (Å²) >= 11 is 0. The van der Waals surface area contributed by atoms with Gasteiger partial charge in [-0.3, -0.25) is 0 Å². The monoisotopic (exact) mass is 206 g/mol. The van der Waals surface area contributed by atoms with Crippen molar-refractivity contribution in [3.8, 4) is 0 Å². The van der Waals surface area contributed by atoms with Crippen molar-refractivity contribution in [1.82, 2.24) is 9.55 Å². The number of unbranched alkanes of at least 4 members (excludes halogenated alkanes) is 1. The summed E-state index contributed by atoms with van der Waals surface area (Å²) in [6.45, 7) is 1.88. The summed E-state index contributed by atoms with van der Waals surface area (Å²) in [6.07, 6.45) is 1.21. The van der Waals surface area contributed by atoms with Crippen LogP contribution in [-0.4, -0.2) is 15.7 Å². The molecule has 0 amide bonds. The van der Waals surface area contributed by atoms with Crippen LogP contribution in [0.15, 0.2) is 18.7 Å². The molecule has 0 spiro atoms. The lowest BCUT2D eigenvalue weighted by Crippen LogP contribution is -2.25. The van der Waals surface area contributed by atoms with Gasteiger partial charge in [-0.05, 0) is 6.42 Å². The molecule has 1 rings (SSSR count). The van der Waals surface area contributed by atoms with Gasteiger partial charge in [-0.1, -0.05) is 19.8 Å². The molecule has 0 radical (unpaired) electrons. The fraction of sp³-hybridized carbons (Fsp3) is 0.667. The number of nitrogens with zero attached hydrogens (tertiary/aromatic N) is 2. The molecule has 0 fully saturated rings. The van der Waals surface area contributed by atoms with Crippen LogP contribution in [0, 0.1) is 0 Å². The third kappa shape index (κ3) is 2.75. The molecule has 2 nitrogen and oxygen atoms in total. The van der Waals surface area contributed by atoms with Crippen LogP contribution in [-0.2, 0) is 0 Å². The highest BCUT2D eigenvalue weighted by Gasteiger charge is 2.39. The van der Waals surface area contributed by atoms with Crippen LogP contribution < -0.4 is 0 Å². The van der Waals surface area contributed by atoms with Crippen molar-refractivity contribution in [1.29, 1.82) is 0 Å². The van der Waals surface area contributed by atoms with Crippen molar-refractivity contribution in [2.75, 3.05) is 0 Å². The summed E-state index contributed by atoms with van der Waals surface area (Å²) in [5.41, 5.74) is 0. The second-order valence-electron chi connectivity index (χ2n) is 3.21. The van der Waals surface area contributed by atoms with Gasteiger partial charge in [0.15, 0.2) is 0 Å². The first-order valence-corrected chi connectivity index (χ1v) is 4.60. The number of imidazole rings is 1. The van der Waals surface area contributed by atoms with Gasteiger partial charge in [0.05, 0.1) is 6.33 Å². The molecule has 1 atom stereocenters. The lowest BCUT2D eigenvalue weighted by atomic mass is 10.1. The Balaban J connectivity index is 2.73. The topological polar surface area (TPSA) is 17.8 Å². The van der Waals surface area contributed by atoms with Gasteiger partial charge < -0.3 is 4.57 Å². The highest BCUT2D eigenvalue weighted by molar-refractivity contribution is 4.84. The molecule has 1 heterocycles. The van der Waals surface area contributed by atoms with E-state index in [2.05, 4.69) is 4.98 Å². The Bertz CT molecular complexity index is 254. The fourth-order valence-corrected chi connectivity index (χ4v) is 1.33. The molecular formula is C9H13F3N2. The largest absolute Gasteiger partial charge is 0.409 e. The summed E-state index contributed by atoms with van der Waals surface area (Å²) in [4.78, 5) is 3.63. The molecule has 0 N–H and O–H groups in total. The van der Waals surface area contributed by atoms with Crippen molar-refractivity contribution in [2.45, 2.75) is 38.4 Å².